The van der Waals surface area contributed by atoms with Gasteiger partial charge in [0.05, 0.1) is 0 Å². The number of allylic oxidation sites excluding steroid dienone is 2. The van der Waals surface area contributed by atoms with Gasteiger partial charge in [-0.25, -0.2) is 0 Å². The van der Waals surface area contributed by atoms with Gasteiger partial charge in [-0.3, -0.25) is 0 Å². The molecule has 0 aliphatic heterocycles. The van der Waals surface area contributed by atoms with Crippen LogP contribution in [-0.2, 0) is 0 Å². The Kier molecular flexibility index (Phi) is 3.30. The summed E-state index contributed by atoms with van der Waals surface area (Å²) < 4.78 is 0. The minimum Gasteiger partial charge on any atom is -0.0813 e. The number of hydrogen-bond donors (Lipinski definition) is 0. The van der Waals surface area contributed by atoms with Crippen molar-refractivity contribution in [3.63, 3.8) is 0 Å². The second-order valence-electron chi connectivity index (χ2n) is 3.59. The molecule has 1 aromatic rings. The molecule has 0 nitrogen and oxygen atoms in total. The Balaban J connectivity index is 3.04. The predicted molar refractivity (Wildman–Crippen MR) is 59.9 cm³/mol. The molecule has 0 bridgehead atoms. The van der Waals surface area contributed by atoms with E-state index < -0.39 is 0 Å². The second-order valence-corrected chi connectivity index (χ2v) is 3.59. The van der Waals surface area contributed by atoms with Crippen LogP contribution >= 0.6 is 0 Å². The van der Waals surface area contributed by atoms with Crippen molar-refractivity contribution in [2.75, 3.05) is 0 Å². The molecule has 0 atom stereocenters. The van der Waals surface area contributed by atoms with Crippen molar-refractivity contribution in [3.8, 4) is 0 Å². The van der Waals surface area contributed by atoms with Crippen LogP contribution in [-0.4, -0.2) is 0 Å². The molecule has 13 heavy (non-hydrogen) atoms. The predicted octanol–water partition coefficient (Wildman–Crippen LogP) is 4.12. The highest BCUT2D eigenvalue weighted by atomic mass is 14.0. The second kappa shape index (κ2) is 4.27. The summed E-state index contributed by atoms with van der Waals surface area (Å²) in [5, 5.41) is 0. The number of benzene rings is 1. The summed E-state index contributed by atoms with van der Waals surface area (Å²) in [7, 11) is 0. The molecule has 0 unspecified atom stereocenters. The largest absolute Gasteiger partial charge is 0.0813 e. The first-order valence-corrected chi connectivity index (χ1v) is 4.89. The Bertz CT molecular complexity index is 319. The summed E-state index contributed by atoms with van der Waals surface area (Å²) in [4.78, 5) is 0. The monoisotopic (exact) mass is 174 g/mol. The Morgan fingerprint density at radius 2 is 1.92 bits per heavy atom. The average molecular weight is 174 g/mol. The highest BCUT2D eigenvalue weighted by Crippen LogP contribution is 2.17. The van der Waals surface area contributed by atoms with E-state index in [1.54, 1.807) is 0 Å². The fraction of sp³-hybridized carbons (Fsp3) is 0.385. The van der Waals surface area contributed by atoms with Gasteiger partial charge in [-0.2, -0.15) is 0 Å². The van der Waals surface area contributed by atoms with Gasteiger partial charge in [0.1, 0.15) is 0 Å². The summed E-state index contributed by atoms with van der Waals surface area (Å²) in [6.45, 7) is 8.66. The molecule has 0 heteroatoms. The van der Waals surface area contributed by atoms with E-state index in [0.717, 1.165) is 6.42 Å². The van der Waals surface area contributed by atoms with Crippen LogP contribution in [0.25, 0.3) is 5.57 Å². The first-order valence-electron chi connectivity index (χ1n) is 4.89. The van der Waals surface area contributed by atoms with Gasteiger partial charge in [-0.1, -0.05) is 31.2 Å². The maximum absolute atomic E-state index is 2.27. The molecule has 0 spiro atoms. The van der Waals surface area contributed by atoms with E-state index in [2.05, 4.69) is 52.0 Å². The topological polar surface area (TPSA) is 0 Å². The fourth-order valence-electron chi connectivity index (χ4n) is 1.41. The molecule has 1 aromatic carbocycles. The Hall–Kier alpha value is -1.04. The van der Waals surface area contributed by atoms with Crippen LogP contribution in [0, 0.1) is 13.8 Å². The molecule has 0 fully saturated rings. The van der Waals surface area contributed by atoms with Crippen molar-refractivity contribution in [1.29, 1.82) is 0 Å². The van der Waals surface area contributed by atoms with E-state index in [0.29, 0.717) is 0 Å². The molecular weight excluding hydrogens is 156 g/mol. The van der Waals surface area contributed by atoms with Crippen molar-refractivity contribution in [3.05, 3.63) is 41.0 Å². The van der Waals surface area contributed by atoms with E-state index in [1.165, 1.54) is 22.3 Å². The van der Waals surface area contributed by atoms with Crippen LogP contribution in [0.3, 0.4) is 0 Å². The summed E-state index contributed by atoms with van der Waals surface area (Å²) in [6, 6.07) is 6.65. The van der Waals surface area contributed by atoms with Crippen molar-refractivity contribution in [2.45, 2.75) is 34.1 Å². The molecule has 0 N–H and O–H groups in total. The van der Waals surface area contributed by atoms with E-state index in [1.807, 2.05) is 0 Å². The third-order valence-electron chi connectivity index (χ3n) is 2.47. The standard InChI is InChI=1S/C13H18/c1-5-6-11(3)13-8-7-10(2)12(4)9-13/h6-9H,5H2,1-4H3/b11-6+. The molecule has 0 aliphatic rings. The third-order valence-corrected chi connectivity index (χ3v) is 2.47. The highest BCUT2D eigenvalue weighted by molar-refractivity contribution is 5.64. The molecule has 70 valence electrons. The number of hydrogen-bond acceptors (Lipinski definition) is 0. The van der Waals surface area contributed by atoms with E-state index in [-0.39, 0.29) is 0 Å². The molecule has 0 amide bonds. The lowest BCUT2D eigenvalue weighted by molar-refractivity contribution is 1.22. The first kappa shape index (κ1) is 10.0. The molecular formula is C13H18. The maximum atomic E-state index is 2.27. The lowest BCUT2D eigenvalue weighted by atomic mass is 10.0. The van der Waals surface area contributed by atoms with Gasteiger partial charge in [0.25, 0.3) is 0 Å². The highest BCUT2D eigenvalue weighted by Gasteiger charge is 1.97. The van der Waals surface area contributed by atoms with E-state index in [4.69, 9.17) is 0 Å². The molecule has 1 rings (SSSR count). The minimum absolute atomic E-state index is 1.11. The van der Waals surface area contributed by atoms with Crippen molar-refractivity contribution in [2.24, 2.45) is 0 Å². The van der Waals surface area contributed by atoms with Gasteiger partial charge in [-0.05, 0) is 49.5 Å². The van der Waals surface area contributed by atoms with E-state index >= 15 is 0 Å². The summed E-state index contributed by atoms with van der Waals surface area (Å²) in [5.41, 5.74) is 5.48. The lowest BCUT2D eigenvalue weighted by Gasteiger charge is -2.05. The Morgan fingerprint density at radius 3 is 2.46 bits per heavy atom. The van der Waals surface area contributed by atoms with Gasteiger partial charge in [0, 0.05) is 0 Å². The molecule has 0 heterocycles. The summed E-state index contributed by atoms with van der Waals surface area (Å²) in [6.07, 6.45) is 3.38. The third kappa shape index (κ3) is 2.45. The van der Waals surface area contributed by atoms with Crippen LogP contribution in [0.15, 0.2) is 24.3 Å². The first-order chi connectivity index (χ1) is 6.15. The van der Waals surface area contributed by atoms with Crippen LogP contribution in [0.4, 0.5) is 0 Å². The molecule has 0 aromatic heterocycles. The quantitative estimate of drug-likeness (QED) is 0.632. The average Bonchev–Trinajstić information content (AvgIpc) is 2.10. The van der Waals surface area contributed by atoms with Crippen molar-refractivity contribution in [1.82, 2.24) is 0 Å². The van der Waals surface area contributed by atoms with Crippen molar-refractivity contribution < 1.29 is 0 Å². The Labute approximate surface area is 81.3 Å². The van der Waals surface area contributed by atoms with Gasteiger partial charge in [0.2, 0.25) is 0 Å². The smallest absolute Gasteiger partial charge is 0.0228 e. The van der Waals surface area contributed by atoms with Crippen LogP contribution < -0.4 is 0 Å². The van der Waals surface area contributed by atoms with Gasteiger partial charge in [-0.15, -0.1) is 0 Å². The van der Waals surface area contributed by atoms with Crippen LogP contribution in [0.2, 0.25) is 0 Å². The van der Waals surface area contributed by atoms with Crippen LogP contribution in [0.1, 0.15) is 37.0 Å². The SMILES string of the molecule is CC/C=C(\C)c1ccc(C)c(C)c1. The van der Waals surface area contributed by atoms with Crippen LogP contribution in [0.5, 0.6) is 0 Å². The molecule has 0 saturated carbocycles. The zero-order valence-corrected chi connectivity index (χ0v) is 9.02. The molecule has 0 aliphatic carbocycles. The summed E-state index contributed by atoms with van der Waals surface area (Å²) >= 11 is 0. The van der Waals surface area contributed by atoms with Gasteiger partial charge < -0.3 is 0 Å². The van der Waals surface area contributed by atoms with Gasteiger partial charge in [0.15, 0.2) is 0 Å². The zero-order chi connectivity index (χ0) is 9.84. The van der Waals surface area contributed by atoms with E-state index in [9.17, 15) is 0 Å². The number of aryl methyl sites for hydroxylation is 2. The number of rotatable bonds is 2. The molecule has 0 radical (unpaired) electrons. The van der Waals surface area contributed by atoms with Gasteiger partial charge >= 0.3 is 0 Å². The van der Waals surface area contributed by atoms with Crippen molar-refractivity contribution >= 4 is 5.57 Å². The Morgan fingerprint density at radius 1 is 1.23 bits per heavy atom. The molecule has 0 saturated heterocycles. The minimum atomic E-state index is 1.11. The zero-order valence-electron chi connectivity index (χ0n) is 9.02. The maximum Gasteiger partial charge on any atom is -0.0228 e. The normalized spacial score (nSPS) is 11.8. The lowest BCUT2D eigenvalue weighted by Crippen LogP contribution is -1.84. The summed E-state index contributed by atoms with van der Waals surface area (Å²) in [5.74, 6) is 0. The fourth-order valence-corrected chi connectivity index (χ4v) is 1.41.